The quantitative estimate of drug-likeness (QED) is 0.864. The number of piperidine rings is 1. The van der Waals surface area contributed by atoms with Gasteiger partial charge in [-0.1, -0.05) is 6.42 Å². The van der Waals surface area contributed by atoms with Crippen LogP contribution in [-0.2, 0) is 0 Å². The molecule has 17 heavy (non-hydrogen) atoms. The summed E-state index contributed by atoms with van der Waals surface area (Å²) in [5.41, 5.74) is 0.996. The van der Waals surface area contributed by atoms with Gasteiger partial charge in [-0.15, -0.1) is 0 Å². The Morgan fingerprint density at radius 3 is 2.76 bits per heavy atom. The van der Waals surface area contributed by atoms with E-state index in [1.165, 1.54) is 37.9 Å². The van der Waals surface area contributed by atoms with Gasteiger partial charge in [0.15, 0.2) is 0 Å². The van der Waals surface area contributed by atoms with Gasteiger partial charge in [-0.2, -0.15) is 0 Å². The van der Waals surface area contributed by atoms with E-state index in [1.807, 2.05) is 0 Å². The maximum atomic E-state index is 12.7. The molecule has 3 heteroatoms. The molecule has 1 heterocycles. The summed E-state index contributed by atoms with van der Waals surface area (Å²) in [7, 11) is 0. The van der Waals surface area contributed by atoms with E-state index in [0.29, 0.717) is 6.04 Å². The topological polar surface area (TPSA) is 15.3 Å². The van der Waals surface area contributed by atoms with Crippen LogP contribution in [0.15, 0.2) is 24.3 Å². The Labute approximate surface area is 103 Å². The van der Waals surface area contributed by atoms with E-state index >= 15 is 0 Å². The summed E-state index contributed by atoms with van der Waals surface area (Å²) < 4.78 is 12.7. The second-order valence-corrected chi connectivity index (χ2v) is 4.81. The Hall–Kier alpha value is -1.09. The fourth-order valence-corrected chi connectivity index (χ4v) is 2.40. The highest BCUT2D eigenvalue weighted by molar-refractivity contribution is 5.42. The van der Waals surface area contributed by atoms with E-state index < -0.39 is 0 Å². The average molecular weight is 236 g/mol. The second-order valence-electron chi connectivity index (χ2n) is 4.81. The minimum Gasteiger partial charge on any atom is -0.384 e. The summed E-state index contributed by atoms with van der Waals surface area (Å²) in [4.78, 5) is 2.53. The average Bonchev–Trinajstić information content (AvgIpc) is 2.34. The SMILES string of the molecule is CC1CCCCN1CCNc1ccc(F)cc1. The lowest BCUT2D eigenvalue weighted by Crippen LogP contribution is -2.40. The van der Waals surface area contributed by atoms with E-state index in [0.717, 1.165) is 18.8 Å². The van der Waals surface area contributed by atoms with E-state index in [1.54, 1.807) is 12.1 Å². The lowest BCUT2D eigenvalue weighted by molar-refractivity contribution is 0.167. The summed E-state index contributed by atoms with van der Waals surface area (Å²) in [6, 6.07) is 7.26. The molecule has 1 atom stereocenters. The summed E-state index contributed by atoms with van der Waals surface area (Å²) in [5, 5.41) is 3.33. The third-order valence-corrected chi connectivity index (χ3v) is 3.51. The molecule has 94 valence electrons. The number of halogens is 1. The van der Waals surface area contributed by atoms with Crippen molar-refractivity contribution >= 4 is 5.69 Å². The number of hydrogen-bond acceptors (Lipinski definition) is 2. The summed E-state index contributed by atoms with van der Waals surface area (Å²) >= 11 is 0. The molecule has 1 aromatic rings. The van der Waals surface area contributed by atoms with Gasteiger partial charge >= 0.3 is 0 Å². The van der Waals surface area contributed by atoms with Gasteiger partial charge in [0.25, 0.3) is 0 Å². The van der Waals surface area contributed by atoms with Gasteiger partial charge in [0.2, 0.25) is 0 Å². The molecule has 1 aliphatic rings. The highest BCUT2D eigenvalue weighted by Crippen LogP contribution is 2.15. The van der Waals surface area contributed by atoms with E-state index in [-0.39, 0.29) is 5.82 Å². The van der Waals surface area contributed by atoms with Crippen molar-refractivity contribution in [3.05, 3.63) is 30.1 Å². The van der Waals surface area contributed by atoms with Gasteiger partial charge < -0.3 is 5.32 Å². The van der Waals surface area contributed by atoms with Gasteiger partial charge in [0, 0.05) is 24.8 Å². The van der Waals surface area contributed by atoms with Crippen LogP contribution in [0.25, 0.3) is 0 Å². The Morgan fingerprint density at radius 2 is 2.06 bits per heavy atom. The lowest BCUT2D eigenvalue weighted by Gasteiger charge is -2.33. The standard InChI is InChI=1S/C14H21FN2/c1-12-4-2-3-10-17(12)11-9-16-14-7-5-13(15)6-8-14/h5-8,12,16H,2-4,9-11H2,1H3. The van der Waals surface area contributed by atoms with Crippen LogP contribution in [0.5, 0.6) is 0 Å². The first kappa shape index (κ1) is 12.4. The maximum Gasteiger partial charge on any atom is 0.123 e. The minimum absolute atomic E-state index is 0.180. The molecule has 0 saturated carbocycles. The second kappa shape index (κ2) is 6.01. The van der Waals surface area contributed by atoms with Crippen molar-refractivity contribution in [2.45, 2.75) is 32.2 Å². The zero-order valence-electron chi connectivity index (χ0n) is 10.5. The van der Waals surface area contributed by atoms with E-state index in [4.69, 9.17) is 0 Å². The first-order valence-electron chi connectivity index (χ1n) is 6.49. The summed E-state index contributed by atoms with van der Waals surface area (Å²) in [6.45, 7) is 5.51. The van der Waals surface area contributed by atoms with Crippen molar-refractivity contribution in [3.8, 4) is 0 Å². The van der Waals surface area contributed by atoms with Crippen molar-refractivity contribution in [2.24, 2.45) is 0 Å². The maximum absolute atomic E-state index is 12.7. The molecule has 0 radical (unpaired) electrons. The van der Waals surface area contributed by atoms with E-state index in [2.05, 4.69) is 17.1 Å². The Morgan fingerprint density at radius 1 is 1.29 bits per heavy atom. The fourth-order valence-electron chi connectivity index (χ4n) is 2.40. The van der Waals surface area contributed by atoms with Gasteiger partial charge in [-0.05, 0) is 50.6 Å². The molecule has 0 aliphatic carbocycles. The molecule has 0 spiro atoms. The number of hydrogen-bond donors (Lipinski definition) is 1. The van der Waals surface area contributed by atoms with Crippen LogP contribution in [0.1, 0.15) is 26.2 Å². The Balaban J connectivity index is 1.73. The Kier molecular flexibility index (Phi) is 4.37. The van der Waals surface area contributed by atoms with Gasteiger partial charge in [-0.25, -0.2) is 4.39 Å². The van der Waals surface area contributed by atoms with Crippen molar-refractivity contribution in [1.82, 2.24) is 4.90 Å². The molecule has 2 rings (SSSR count). The predicted octanol–water partition coefficient (Wildman–Crippen LogP) is 3.11. The minimum atomic E-state index is -0.180. The van der Waals surface area contributed by atoms with Crippen molar-refractivity contribution in [3.63, 3.8) is 0 Å². The molecule has 0 amide bonds. The largest absolute Gasteiger partial charge is 0.384 e. The molecule has 1 fully saturated rings. The monoisotopic (exact) mass is 236 g/mol. The van der Waals surface area contributed by atoms with Crippen molar-refractivity contribution in [1.29, 1.82) is 0 Å². The van der Waals surface area contributed by atoms with Crippen LogP contribution in [0.2, 0.25) is 0 Å². The number of anilines is 1. The molecule has 2 nitrogen and oxygen atoms in total. The Bertz CT molecular complexity index is 337. The predicted molar refractivity (Wildman–Crippen MR) is 69.8 cm³/mol. The molecule has 1 unspecified atom stereocenters. The lowest BCUT2D eigenvalue weighted by atomic mass is 10.0. The van der Waals surface area contributed by atoms with Gasteiger partial charge in [0.05, 0.1) is 0 Å². The van der Waals surface area contributed by atoms with Crippen LogP contribution in [0.3, 0.4) is 0 Å². The summed E-state index contributed by atoms with van der Waals surface area (Å²) in [5.74, 6) is -0.180. The molecular formula is C14H21FN2. The van der Waals surface area contributed by atoms with Crippen LogP contribution in [0.4, 0.5) is 10.1 Å². The molecule has 1 aromatic carbocycles. The van der Waals surface area contributed by atoms with Crippen LogP contribution in [-0.4, -0.2) is 30.6 Å². The number of benzene rings is 1. The van der Waals surface area contributed by atoms with Crippen LogP contribution >= 0.6 is 0 Å². The number of rotatable bonds is 4. The number of likely N-dealkylation sites (tertiary alicyclic amines) is 1. The number of nitrogens with zero attached hydrogens (tertiary/aromatic N) is 1. The fraction of sp³-hybridized carbons (Fsp3) is 0.571. The van der Waals surface area contributed by atoms with Crippen LogP contribution < -0.4 is 5.32 Å². The van der Waals surface area contributed by atoms with E-state index in [9.17, 15) is 4.39 Å². The highest BCUT2D eigenvalue weighted by Gasteiger charge is 2.16. The van der Waals surface area contributed by atoms with Crippen molar-refractivity contribution < 1.29 is 4.39 Å². The van der Waals surface area contributed by atoms with Gasteiger partial charge in [-0.3, -0.25) is 4.90 Å². The molecule has 1 N–H and O–H groups in total. The molecule has 1 aliphatic heterocycles. The zero-order valence-corrected chi connectivity index (χ0v) is 10.5. The molecule has 0 bridgehead atoms. The molecular weight excluding hydrogens is 215 g/mol. The van der Waals surface area contributed by atoms with Crippen molar-refractivity contribution in [2.75, 3.05) is 25.0 Å². The first-order valence-corrected chi connectivity index (χ1v) is 6.49. The third-order valence-electron chi connectivity index (χ3n) is 3.51. The molecule has 0 aromatic heterocycles. The zero-order chi connectivity index (χ0) is 12.1. The van der Waals surface area contributed by atoms with Gasteiger partial charge in [0.1, 0.15) is 5.82 Å². The third kappa shape index (κ3) is 3.70. The highest BCUT2D eigenvalue weighted by atomic mass is 19.1. The molecule has 1 saturated heterocycles. The normalized spacial score (nSPS) is 21.4. The number of nitrogens with one attached hydrogen (secondary N) is 1. The van der Waals surface area contributed by atoms with Crippen LogP contribution in [0, 0.1) is 5.82 Å². The first-order chi connectivity index (χ1) is 8.25. The smallest absolute Gasteiger partial charge is 0.123 e. The summed E-state index contributed by atoms with van der Waals surface area (Å²) in [6.07, 6.45) is 4.00.